The number of ether oxygens (including phenoxy) is 2. The first kappa shape index (κ1) is 21.8. The SMILES string of the molecule is CCOC(=O)C1=C(N(C)[C@@H](C)c2ccccc2)CN(C(=O)OC(C)(C)C)CC1. The van der Waals surface area contributed by atoms with Crippen molar-refractivity contribution in [2.24, 2.45) is 0 Å². The van der Waals surface area contributed by atoms with E-state index in [9.17, 15) is 9.59 Å². The van der Waals surface area contributed by atoms with Crippen molar-refractivity contribution >= 4 is 12.1 Å². The maximum absolute atomic E-state index is 12.6. The summed E-state index contributed by atoms with van der Waals surface area (Å²) < 4.78 is 10.8. The molecule has 154 valence electrons. The van der Waals surface area contributed by atoms with Crippen molar-refractivity contribution in [1.82, 2.24) is 9.80 Å². The Morgan fingerprint density at radius 2 is 1.86 bits per heavy atom. The van der Waals surface area contributed by atoms with Crippen molar-refractivity contribution < 1.29 is 19.1 Å². The standard InChI is InChI=1S/C22H32N2O4/c1-7-27-20(25)18-13-14-24(21(26)28-22(3,4)5)15-19(18)23(6)16(2)17-11-9-8-10-12-17/h8-12,16H,7,13-15H2,1-6H3/t16-/m0/s1. The molecule has 1 heterocycles. The predicted molar refractivity (Wildman–Crippen MR) is 109 cm³/mol. The van der Waals surface area contributed by atoms with E-state index in [1.54, 1.807) is 11.8 Å². The van der Waals surface area contributed by atoms with Crippen molar-refractivity contribution in [3.63, 3.8) is 0 Å². The molecule has 6 nitrogen and oxygen atoms in total. The summed E-state index contributed by atoms with van der Waals surface area (Å²) >= 11 is 0. The lowest BCUT2D eigenvalue weighted by Crippen LogP contribution is -2.44. The first-order valence-electron chi connectivity index (χ1n) is 9.79. The van der Waals surface area contributed by atoms with E-state index in [-0.39, 0.29) is 18.1 Å². The maximum atomic E-state index is 12.6. The largest absolute Gasteiger partial charge is 0.463 e. The number of likely N-dealkylation sites (N-methyl/N-ethyl adjacent to an activating group) is 1. The third-order valence-electron chi connectivity index (χ3n) is 4.78. The lowest BCUT2D eigenvalue weighted by molar-refractivity contribution is -0.139. The Balaban J connectivity index is 2.31. The number of carbonyl (C=O) groups excluding carboxylic acids is 2. The van der Waals surface area contributed by atoms with Gasteiger partial charge in [-0.1, -0.05) is 30.3 Å². The van der Waals surface area contributed by atoms with Crippen LogP contribution in [0.25, 0.3) is 0 Å². The van der Waals surface area contributed by atoms with Gasteiger partial charge in [0.15, 0.2) is 0 Å². The summed E-state index contributed by atoms with van der Waals surface area (Å²) in [4.78, 5) is 28.8. The van der Waals surface area contributed by atoms with Crippen LogP contribution in [0.2, 0.25) is 0 Å². The first-order chi connectivity index (χ1) is 13.1. The smallest absolute Gasteiger partial charge is 0.410 e. The third kappa shape index (κ3) is 5.50. The normalized spacial score (nSPS) is 15.9. The predicted octanol–water partition coefficient (Wildman–Crippen LogP) is 4.14. The summed E-state index contributed by atoms with van der Waals surface area (Å²) in [6, 6.07) is 10.1. The molecule has 0 radical (unpaired) electrons. The fourth-order valence-corrected chi connectivity index (χ4v) is 3.18. The van der Waals surface area contributed by atoms with Crippen molar-refractivity contribution in [3.05, 3.63) is 47.2 Å². The second-order valence-corrected chi connectivity index (χ2v) is 8.00. The summed E-state index contributed by atoms with van der Waals surface area (Å²) in [6.45, 7) is 10.5. The second-order valence-electron chi connectivity index (χ2n) is 8.00. The molecule has 0 aromatic heterocycles. The Morgan fingerprint density at radius 1 is 1.21 bits per heavy atom. The van der Waals surface area contributed by atoms with Gasteiger partial charge in [-0.3, -0.25) is 0 Å². The maximum Gasteiger partial charge on any atom is 0.410 e. The number of amides is 1. The molecule has 6 heteroatoms. The molecule has 0 aliphatic carbocycles. The summed E-state index contributed by atoms with van der Waals surface area (Å²) in [7, 11) is 1.95. The van der Waals surface area contributed by atoms with E-state index in [4.69, 9.17) is 9.47 Å². The second kappa shape index (κ2) is 9.13. The van der Waals surface area contributed by atoms with E-state index in [1.165, 1.54) is 0 Å². The number of benzene rings is 1. The van der Waals surface area contributed by atoms with Gasteiger partial charge < -0.3 is 19.3 Å². The minimum atomic E-state index is -0.564. The molecule has 0 N–H and O–H groups in total. The van der Waals surface area contributed by atoms with E-state index in [2.05, 4.69) is 24.0 Å². The molecule has 0 bridgehead atoms. The van der Waals surface area contributed by atoms with Gasteiger partial charge in [-0.25, -0.2) is 9.59 Å². The molecule has 0 saturated heterocycles. The Morgan fingerprint density at radius 3 is 2.43 bits per heavy atom. The van der Waals surface area contributed by atoms with Crippen molar-refractivity contribution in [1.29, 1.82) is 0 Å². The Bertz CT molecular complexity index is 722. The molecule has 0 saturated carbocycles. The molecular weight excluding hydrogens is 356 g/mol. The Hall–Kier alpha value is -2.50. The molecule has 0 unspecified atom stereocenters. The van der Waals surface area contributed by atoms with E-state index < -0.39 is 5.60 Å². The molecule has 2 rings (SSSR count). The average molecular weight is 389 g/mol. The van der Waals surface area contributed by atoms with Gasteiger partial charge in [-0.05, 0) is 46.6 Å². The quantitative estimate of drug-likeness (QED) is 0.710. The van der Waals surface area contributed by atoms with E-state index in [1.807, 2.05) is 46.0 Å². The lowest BCUT2D eigenvalue weighted by Gasteiger charge is -2.38. The summed E-state index contributed by atoms with van der Waals surface area (Å²) in [5.74, 6) is -0.312. The number of nitrogens with zero attached hydrogens (tertiary/aromatic N) is 2. The fourth-order valence-electron chi connectivity index (χ4n) is 3.18. The molecule has 1 aliphatic rings. The van der Waals surface area contributed by atoms with Crippen LogP contribution < -0.4 is 0 Å². The Kier molecular flexibility index (Phi) is 7.11. The molecule has 1 aromatic rings. The topological polar surface area (TPSA) is 59.1 Å². The first-order valence-corrected chi connectivity index (χ1v) is 9.79. The summed E-state index contributed by atoms with van der Waals surface area (Å²) in [5.41, 5.74) is 2.00. The zero-order valence-electron chi connectivity index (χ0n) is 17.8. The minimum absolute atomic E-state index is 0.0409. The van der Waals surface area contributed by atoms with Crippen LogP contribution in [0, 0.1) is 0 Å². The average Bonchev–Trinajstić information content (AvgIpc) is 2.66. The minimum Gasteiger partial charge on any atom is -0.463 e. The van der Waals surface area contributed by atoms with Crippen LogP contribution >= 0.6 is 0 Å². The molecule has 1 amide bonds. The van der Waals surface area contributed by atoms with Crippen LogP contribution in [0.1, 0.15) is 52.6 Å². The molecule has 1 atom stereocenters. The van der Waals surface area contributed by atoms with Crippen molar-refractivity contribution in [2.45, 2.75) is 52.7 Å². The zero-order chi connectivity index (χ0) is 20.9. The lowest BCUT2D eigenvalue weighted by atomic mass is 10.0. The monoisotopic (exact) mass is 388 g/mol. The van der Waals surface area contributed by atoms with Crippen molar-refractivity contribution in [3.8, 4) is 0 Å². The fraction of sp³-hybridized carbons (Fsp3) is 0.545. The highest BCUT2D eigenvalue weighted by molar-refractivity contribution is 5.90. The van der Waals surface area contributed by atoms with Gasteiger partial charge in [0.25, 0.3) is 0 Å². The highest BCUT2D eigenvalue weighted by atomic mass is 16.6. The van der Waals surface area contributed by atoms with Crippen molar-refractivity contribution in [2.75, 3.05) is 26.7 Å². The molecular formula is C22H32N2O4. The number of hydrogen-bond acceptors (Lipinski definition) is 5. The van der Waals surface area contributed by atoms with Gasteiger partial charge in [0.2, 0.25) is 0 Å². The number of rotatable bonds is 5. The highest BCUT2D eigenvalue weighted by Gasteiger charge is 2.32. The van der Waals surface area contributed by atoms with Crippen LogP contribution in [-0.4, -0.2) is 54.2 Å². The molecule has 1 aliphatic heterocycles. The van der Waals surface area contributed by atoms with E-state index in [0.29, 0.717) is 31.7 Å². The van der Waals surface area contributed by atoms with Gasteiger partial charge in [0.05, 0.1) is 24.8 Å². The van der Waals surface area contributed by atoms with Gasteiger partial charge in [0, 0.05) is 19.3 Å². The Labute approximate surface area is 168 Å². The molecule has 1 aromatic carbocycles. The van der Waals surface area contributed by atoms with Gasteiger partial charge in [-0.15, -0.1) is 0 Å². The van der Waals surface area contributed by atoms with E-state index >= 15 is 0 Å². The van der Waals surface area contributed by atoms with Crippen LogP contribution in [0.15, 0.2) is 41.6 Å². The number of hydrogen-bond donors (Lipinski definition) is 0. The van der Waals surface area contributed by atoms with Gasteiger partial charge in [0.1, 0.15) is 5.60 Å². The van der Waals surface area contributed by atoms with Crippen LogP contribution in [0.3, 0.4) is 0 Å². The molecule has 0 fully saturated rings. The number of carbonyl (C=O) groups is 2. The highest BCUT2D eigenvalue weighted by Crippen LogP contribution is 2.29. The molecule has 28 heavy (non-hydrogen) atoms. The van der Waals surface area contributed by atoms with Crippen LogP contribution in [0.4, 0.5) is 4.79 Å². The zero-order valence-corrected chi connectivity index (χ0v) is 17.8. The molecule has 0 spiro atoms. The van der Waals surface area contributed by atoms with Gasteiger partial charge in [-0.2, -0.15) is 0 Å². The number of esters is 1. The van der Waals surface area contributed by atoms with Crippen LogP contribution in [0.5, 0.6) is 0 Å². The van der Waals surface area contributed by atoms with E-state index in [0.717, 1.165) is 11.3 Å². The third-order valence-corrected chi connectivity index (χ3v) is 4.78. The van der Waals surface area contributed by atoms with Gasteiger partial charge >= 0.3 is 12.1 Å². The van der Waals surface area contributed by atoms with Crippen LogP contribution in [-0.2, 0) is 14.3 Å². The summed E-state index contributed by atoms with van der Waals surface area (Å²) in [6.07, 6.45) is 0.0767. The summed E-state index contributed by atoms with van der Waals surface area (Å²) in [5, 5.41) is 0.